The number of fused-ring (bicyclic) bond motifs is 1. The molecule has 0 radical (unpaired) electrons. The second kappa shape index (κ2) is 6.24. The Kier molecular flexibility index (Phi) is 4.40. The maximum atomic E-state index is 11.5. The van der Waals surface area contributed by atoms with E-state index >= 15 is 0 Å². The molecule has 0 aliphatic heterocycles. The van der Waals surface area contributed by atoms with Crippen molar-refractivity contribution in [2.75, 3.05) is 6.61 Å². The number of aryl methyl sites for hydroxylation is 1. The number of aromatic amines is 1. The summed E-state index contributed by atoms with van der Waals surface area (Å²) in [5.74, 6) is -0.103. The van der Waals surface area contributed by atoms with Gasteiger partial charge in [0, 0.05) is 23.5 Å². The third-order valence-electron chi connectivity index (χ3n) is 3.03. The second-order valence-corrected chi connectivity index (χ2v) is 4.43. The molecule has 0 aliphatic carbocycles. The summed E-state index contributed by atoms with van der Waals surface area (Å²) in [5.41, 5.74) is 2.30. The van der Waals surface area contributed by atoms with Gasteiger partial charge in [-0.1, -0.05) is 31.5 Å². The number of hydrogen-bond acceptors (Lipinski definition) is 2. The fraction of sp³-hybridized carbons (Fsp3) is 0.400. The second-order valence-electron chi connectivity index (χ2n) is 4.43. The molecule has 0 spiro atoms. The molecule has 3 nitrogen and oxygen atoms in total. The Hall–Kier alpha value is -1.77. The summed E-state index contributed by atoms with van der Waals surface area (Å²) < 4.78 is 5.14. The lowest BCUT2D eigenvalue weighted by Crippen LogP contribution is -2.06. The van der Waals surface area contributed by atoms with Crippen LogP contribution in [-0.4, -0.2) is 17.6 Å². The first-order valence-corrected chi connectivity index (χ1v) is 6.52. The number of carbonyl (C=O) groups is 1. The number of ether oxygens (including phenoxy) is 1. The molecule has 1 N–H and O–H groups in total. The van der Waals surface area contributed by atoms with Crippen molar-refractivity contribution < 1.29 is 9.53 Å². The average molecular weight is 245 g/mol. The molecule has 0 unspecified atom stereocenters. The van der Waals surface area contributed by atoms with Crippen LogP contribution in [0.2, 0.25) is 0 Å². The Labute approximate surface area is 107 Å². The Morgan fingerprint density at radius 2 is 2.17 bits per heavy atom. The SMILES string of the molecule is CCCCOC(=O)CCc1c[nH]c2ccccc12. The molecular weight excluding hydrogens is 226 g/mol. The van der Waals surface area contributed by atoms with E-state index in [9.17, 15) is 4.79 Å². The molecule has 3 heteroatoms. The van der Waals surface area contributed by atoms with Gasteiger partial charge in [-0.3, -0.25) is 4.79 Å². The van der Waals surface area contributed by atoms with Crippen molar-refractivity contribution >= 4 is 16.9 Å². The number of aromatic nitrogens is 1. The standard InChI is InChI=1S/C15H19NO2/c1-2-3-10-18-15(17)9-8-12-11-16-14-7-5-4-6-13(12)14/h4-7,11,16H,2-3,8-10H2,1H3. The lowest BCUT2D eigenvalue weighted by Gasteiger charge is -2.03. The van der Waals surface area contributed by atoms with Gasteiger partial charge in [0.15, 0.2) is 0 Å². The Bertz CT molecular complexity index is 516. The van der Waals surface area contributed by atoms with E-state index < -0.39 is 0 Å². The molecule has 0 bridgehead atoms. The van der Waals surface area contributed by atoms with Gasteiger partial charge in [0.2, 0.25) is 0 Å². The number of nitrogens with one attached hydrogen (secondary N) is 1. The molecule has 1 aromatic carbocycles. The minimum Gasteiger partial charge on any atom is -0.466 e. The molecule has 96 valence electrons. The normalized spacial score (nSPS) is 10.7. The molecule has 0 saturated heterocycles. The first-order chi connectivity index (χ1) is 8.81. The monoisotopic (exact) mass is 245 g/mol. The summed E-state index contributed by atoms with van der Waals surface area (Å²) >= 11 is 0. The summed E-state index contributed by atoms with van der Waals surface area (Å²) in [6, 6.07) is 8.13. The maximum absolute atomic E-state index is 11.5. The van der Waals surface area contributed by atoms with Crippen LogP contribution in [0.3, 0.4) is 0 Å². The predicted molar refractivity (Wildman–Crippen MR) is 72.5 cm³/mol. The van der Waals surface area contributed by atoms with Crippen molar-refractivity contribution in [2.24, 2.45) is 0 Å². The third kappa shape index (κ3) is 3.13. The first-order valence-electron chi connectivity index (χ1n) is 6.52. The number of rotatable bonds is 6. The lowest BCUT2D eigenvalue weighted by molar-refractivity contribution is -0.143. The number of para-hydroxylation sites is 1. The van der Waals surface area contributed by atoms with Crippen molar-refractivity contribution in [3.8, 4) is 0 Å². The molecule has 0 fully saturated rings. The number of H-pyrrole nitrogens is 1. The van der Waals surface area contributed by atoms with Crippen molar-refractivity contribution in [1.29, 1.82) is 0 Å². The molecule has 0 amide bonds. The lowest BCUT2D eigenvalue weighted by atomic mass is 10.1. The van der Waals surface area contributed by atoms with Gasteiger partial charge < -0.3 is 9.72 Å². The fourth-order valence-electron chi connectivity index (χ4n) is 1.98. The molecular formula is C15H19NO2. The van der Waals surface area contributed by atoms with E-state index in [0.29, 0.717) is 13.0 Å². The van der Waals surface area contributed by atoms with Crippen LogP contribution in [0.5, 0.6) is 0 Å². The maximum Gasteiger partial charge on any atom is 0.306 e. The van der Waals surface area contributed by atoms with Crippen molar-refractivity contribution in [1.82, 2.24) is 4.98 Å². The summed E-state index contributed by atoms with van der Waals surface area (Å²) in [7, 11) is 0. The van der Waals surface area contributed by atoms with E-state index in [1.165, 1.54) is 10.9 Å². The Balaban J connectivity index is 1.88. The smallest absolute Gasteiger partial charge is 0.306 e. The zero-order valence-electron chi connectivity index (χ0n) is 10.7. The summed E-state index contributed by atoms with van der Waals surface area (Å²) in [5, 5.41) is 1.19. The largest absolute Gasteiger partial charge is 0.466 e. The van der Waals surface area contributed by atoms with E-state index in [1.54, 1.807) is 0 Å². The van der Waals surface area contributed by atoms with Gasteiger partial charge in [-0.05, 0) is 24.5 Å². The highest BCUT2D eigenvalue weighted by atomic mass is 16.5. The Morgan fingerprint density at radius 1 is 1.33 bits per heavy atom. The molecule has 1 heterocycles. The topological polar surface area (TPSA) is 42.1 Å². The zero-order valence-corrected chi connectivity index (χ0v) is 10.7. The predicted octanol–water partition coefficient (Wildman–Crippen LogP) is 3.44. The third-order valence-corrected chi connectivity index (χ3v) is 3.03. The van der Waals surface area contributed by atoms with Crippen LogP contribution in [0, 0.1) is 0 Å². The van der Waals surface area contributed by atoms with E-state index in [-0.39, 0.29) is 5.97 Å². The fourth-order valence-corrected chi connectivity index (χ4v) is 1.98. The van der Waals surface area contributed by atoms with E-state index in [0.717, 1.165) is 24.8 Å². The van der Waals surface area contributed by atoms with Crippen LogP contribution < -0.4 is 0 Å². The van der Waals surface area contributed by atoms with Crippen molar-refractivity contribution in [3.05, 3.63) is 36.0 Å². The molecule has 2 rings (SSSR count). The summed E-state index contributed by atoms with van der Waals surface area (Å²) in [4.78, 5) is 14.7. The van der Waals surface area contributed by atoms with Crippen LogP contribution in [0.1, 0.15) is 31.7 Å². The number of hydrogen-bond donors (Lipinski definition) is 1. The van der Waals surface area contributed by atoms with Crippen LogP contribution in [0.15, 0.2) is 30.5 Å². The highest BCUT2D eigenvalue weighted by Gasteiger charge is 2.07. The van der Waals surface area contributed by atoms with Gasteiger partial charge in [-0.25, -0.2) is 0 Å². The zero-order chi connectivity index (χ0) is 12.8. The Morgan fingerprint density at radius 3 is 3.00 bits per heavy atom. The van der Waals surface area contributed by atoms with Gasteiger partial charge in [0.25, 0.3) is 0 Å². The molecule has 0 saturated carbocycles. The molecule has 0 atom stereocenters. The molecule has 0 aliphatic rings. The van der Waals surface area contributed by atoms with Gasteiger partial charge in [-0.15, -0.1) is 0 Å². The first kappa shape index (κ1) is 12.7. The summed E-state index contributed by atoms with van der Waals surface area (Å²) in [6.45, 7) is 2.63. The molecule has 2 aromatic rings. The minimum atomic E-state index is -0.103. The molecule has 18 heavy (non-hydrogen) atoms. The van der Waals surface area contributed by atoms with E-state index in [2.05, 4.69) is 18.0 Å². The highest BCUT2D eigenvalue weighted by molar-refractivity contribution is 5.83. The average Bonchev–Trinajstić information content (AvgIpc) is 2.80. The minimum absolute atomic E-state index is 0.103. The van der Waals surface area contributed by atoms with Gasteiger partial charge in [0.05, 0.1) is 6.61 Å². The van der Waals surface area contributed by atoms with E-state index in [4.69, 9.17) is 4.74 Å². The summed E-state index contributed by atoms with van der Waals surface area (Å²) in [6.07, 6.45) is 5.15. The van der Waals surface area contributed by atoms with Crippen LogP contribution in [-0.2, 0) is 16.0 Å². The van der Waals surface area contributed by atoms with Crippen molar-refractivity contribution in [3.63, 3.8) is 0 Å². The van der Waals surface area contributed by atoms with Gasteiger partial charge in [0.1, 0.15) is 0 Å². The number of carbonyl (C=O) groups excluding carboxylic acids is 1. The van der Waals surface area contributed by atoms with Gasteiger partial charge >= 0.3 is 5.97 Å². The molecule has 1 aromatic heterocycles. The van der Waals surface area contributed by atoms with Gasteiger partial charge in [-0.2, -0.15) is 0 Å². The van der Waals surface area contributed by atoms with Crippen molar-refractivity contribution in [2.45, 2.75) is 32.6 Å². The van der Waals surface area contributed by atoms with Crippen LogP contribution in [0.4, 0.5) is 0 Å². The number of benzene rings is 1. The van der Waals surface area contributed by atoms with Crippen LogP contribution >= 0.6 is 0 Å². The quantitative estimate of drug-likeness (QED) is 0.625. The van der Waals surface area contributed by atoms with E-state index in [1.807, 2.05) is 24.4 Å². The highest BCUT2D eigenvalue weighted by Crippen LogP contribution is 2.19. The number of esters is 1. The number of unbranched alkanes of at least 4 members (excludes halogenated alkanes) is 1. The van der Waals surface area contributed by atoms with Crippen LogP contribution in [0.25, 0.3) is 10.9 Å².